The molecule has 0 aromatic carbocycles. The van der Waals surface area contributed by atoms with Gasteiger partial charge in [-0.05, 0) is 22.7 Å². The van der Waals surface area contributed by atoms with Gasteiger partial charge in [-0.3, -0.25) is 0 Å². The van der Waals surface area contributed by atoms with Gasteiger partial charge in [0.25, 0.3) is 0 Å². The van der Waals surface area contributed by atoms with Crippen molar-refractivity contribution >= 4 is 34.9 Å². The van der Waals surface area contributed by atoms with E-state index in [1.807, 2.05) is 0 Å². The third-order valence-electron chi connectivity index (χ3n) is 3.49. The first-order valence-corrected chi connectivity index (χ1v) is 7.74. The van der Waals surface area contributed by atoms with Crippen molar-refractivity contribution in [3.8, 4) is 0 Å². The maximum atomic E-state index is 10.8. The van der Waals surface area contributed by atoms with Gasteiger partial charge in [0.1, 0.15) is 11.2 Å². The second-order valence-corrected chi connectivity index (χ2v) is 5.61. The number of aromatic nitrogens is 3. The van der Waals surface area contributed by atoms with E-state index >= 15 is 0 Å². The minimum Gasteiger partial charge on any atom is -0.381 e. The monoisotopic (exact) mass is 350 g/mol. The second-order valence-electron chi connectivity index (χ2n) is 5.21. The highest BCUT2D eigenvalue weighted by Gasteiger charge is 2.16. The highest BCUT2D eigenvalue weighted by Crippen LogP contribution is 2.25. The summed E-state index contributed by atoms with van der Waals surface area (Å²) in [6.07, 6.45) is 4.58. The molecule has 9 nitrogen and oxygen atoms in total. The number of anilines is 3. The Morgan fingerprint density at radius 3 is 2.88 bits per heavy atom. The molecule has 3 heterocycles. The standard InChI is InChI=1S/C14H15ClN6O3/c15-11-8-17-14(19-9-2-5-24-6-3-9)20-13(11)18-10-1-4-16-12(7-10)21(22)23/h1,4,7-9H,2-3,5-6H2,(H2,16,17,18,19,20). The van der Waals surface area contributed by atoms with Crippen molar-refractivity contribution in [1.82, 2.24) is 15.0 Å². The molecule has 10 heteroatoms. The summed E-state index contributed by atoms with van der Waals surface area (Å²) in [5, 5.41) is 17.3. The number of hydrogen-bond acceptors (Lipinski definition) is 8. The minimum absolute atomic E-state index is 0.245. The molecule has 2 N–H and O–H groups in total. The predicted octanol–water partition coefficient (Wildman–Crippen LogP) is 2.77. The van der Waals surface area contributed by atoms with Gasteiger partial charge in [-0.1, -0.05) is 11.6 Å². The van der Waals surface area contributed by atoms with Gasteiger partial charge < -0.3 is 25.5 Å². The summed E-state index contributed by atoms with van der Waals surface area (Å²) < 4.78 is 5.31. The third-order valence-corrected chi connectivity index (χ3v) is 3.77. The van der Waals surface area contributed by atoms with Crippen LogP contribution < -0.4 is 10.6 Å². The lowest BCUT2D eigenvalue weighted by molar-refractivity contribution is -0.389. The zero-order valence-corrected chi connectivity index (χ0v) is 13.4. The number of halogens is 1. The van der Waals surface area contributed by atoms with E-state index in [0.717, 1.165) is 12.8 Å². The van der Waals surface area contributed by atoms with Gasteiger partial charge in [-0.25, -0.2) is 4.98 Å². The second kappa shape index (κ2) is 7.37. The van der Waals surface area contributed by atoms with E-state index in [4.69, 9.17) is 16.3 Å². The summed E-state index contributed by atoms with van der Waals surface area (Å²) in [7, 11) is 0. The number of nitrogens with zero attached hydrogens (tertiary/aromatic N) is 4. The van der Waals surface area contributed by atoms with Gasteiger partial charge in [0, 0.05) is 25.3 Å². The average Bonchev–Trinajstić information content (AvgIpc) is 2.59. The van der Waals surface area contributed by atoms with Crippen LogP contribution >= 0.6 is 11.6 Å². The number of nitro groups is 1. The molecule has 0 saturated carbocycles. The highest BCUT2D eigenvalue weighted by atomic mass is 35.5. The molecular weight excluding hydrogens is 336 g/mol. The van der Waals surface area contributed by atoms with E-state index < -0.39 is 4.92 Å². The molecule has 0 spiro atoms. The van der Waals surface area contributed by atoms with E-state index in [1.54, 1.807) is 6.07 Å². The normalized spacial score (nSPS) is 15.0. The molecule has 1 aliphatic rings. The highest BCUT2D eigenvalue weighted by molar-refractivity contribution is 6.32. The Hall–Kier alpha value is -2.52. The van der Waals surface area contributed by atoms with E-state index in [0.29, 0.717) is 35.7 Å². The predicted molar refractivity (Wildman–Crippen MR) is 88.7 cm³/mol. The number of ether oxygens (including phenoxy) is 1. The Bertz CT molecular complexity index is 738. The van der Waals surface area contributed by atoms with Gasteiger partial charge >= 0.3 is 5.82 Å². The summed E-state index contributed by atoms with van der Waals surface area (Å²) >= 11 is 6.11. The van der Waals surface area contributed by atoms with E-state index in [9.17, 15) is 10.1 Å². The number of pyridine rings is 1. The van der Waals surface area contributed by atoms with Crippen molar-refractivity contribution in [2.75, 3.05) is 23.8 Å². The number of rotatable bonds is 5. The summed E-state index contributed by atoms with van der Waals surface area (Å²) in [5.74, 6) is 0.546. The Morgan fingerprint density at radius 2 is 2.12 bits per heavy atom. The molecule has 2 aromatic heterocycles. The van der Waals surface area contributed by atoms with Crippen LogP contribution in [0.4, 0.5) is 23.3 Å². The molecule has 1 aliphatic heterocycles. The summed E-state index contributed by atoms with van der Waals surface area (Å²) in [4.78, 5) is 22.4. The van der Waals surface area contributed by atoms with Crippen LogP contribution in [0.1, 0.15) is 12.8 Å². The molecule has 0 aliphatic carbocycles. The quantitative estimate of drug-likeness (QED) is 0.624. The SMILES string of the molecule is O=[N+]([O-])c1cc(Nc2nc(NC3CCOCC3)ncc2Cl)ccn1. The van der Waals surface area contributed by atoms with Gasteiger partial charge in [0.15, 0.2) is 5.82 Å². The van der Waals surface area contributed by atoms with Crippen LogP contribution in [0.25, 0.3) is 0 Å². The molecule has 1 saturated heterocycles. The molecule has 0 amide bonds. The molecule has 24 heavy (non-hydrogen) atoms. The van der Waals surface area contributed by atoms with Crippen LogP contribution in [0.5, 0.6) is 0 Å². The van der Waals surface area contributed by atoms with Gasteiger partial charge in [-0.2, -0.15) is 4.98 Å². The average molecular weight is 351 g/mol. The Kier molecular flexibility index (Phi) is 5.02. The smallest absolute Gasteiger partial charge is 0.365 e. The Morgan fingerprint density at radius 1 is 1.33 bits per heavy atom. The molecule has 0 atom stereocenters. The van der Waals surface area contributed by atoms with Crippen LogP contribution in [0, 0.1) is 10.1 Å². The lowest BCUT2D eigenvalue weighted by Gasteiger charge is -2.23. The lowest BCUT2D eigenvalue weighted by atomic mass is 10.1. The van der Waals surface area contributed by atoms with Gasteiger partial charge in [0.2, 0.25) is 5.95 Å². The minimum atomic E-state index is -0.565. The van der Waals surface area contributed by atoms with Crippen LogP contribution in [-0.2, 0) is 4.74 Å². The van der Waals surface area contributed by atoms with E-state index in [2.05, 4.69) is 25.6 Å². The fourth-order valence-electron chi connectivity index (χ4n) is 2.28. The Labute approximate surface area is 142 Å². The molecule has 0 radical (unpaired) electrons. The first-order valence-electron chi connectivity index (χ1n) is 7.36. The van der Waals surface area contributed by atoms with E-state index in [-0.39, 0.29) is 11.9 Å². The first-order chi connectivity index (χ1) is 11.6. The molecular formula is C14H15ClN6O3. The van der Waals surface area contributed by atoms with Gasteiger partial charge in [-0.15, -0.1) is 0 Å². The van der Waals surface area contributed by atoms with E-state index in [1.165, 1.54) is 18.5 Å². The lowest BCUT2D eigenvalue weighted by Crippen LogP contribution is -2.28. The molecule has 2 aromatic rings. The van der Waals surface area contributed by atoms with Crippen molar-refractivity contribution in [3.63, 3.8) is 0 Å². The fourth-order valence-corrected chi connectivity index (χ4v) is 2.42. The van der Waals surface area contributed by atoms with Crippen molar-refractivity contribution < 1.29 is 9.66 Å². The number of nitrogens with one attached hydrogen (secondary N) is 2. The zero-order chi connectivity index (χ0) is 16.9. The van der Waals surface area contributed by atoms with Crippen molar-refractivity contribution in [2.45, 2.75) is 18.9 Å². The van der Waals surface area contributed by atoms with Crippen molar-refractivity contribution in [1.29, 1.82) is 0 Å². The molecule has 126 valence electrons. The van der Waals surface area contributed by atoms with Crippen molar-refractivity contribution in [2.24, 2.45) is 0 Å². The van der Waals surface area contributed by atoms with Crippen LogP contribution in [0.3, 0.4) is 0 Å². The first kappa shape index (κ1) is 16.3. The largest absolute Gasteiger partial charge is 0.381 e. The topological polar surface area (TPSA) is 115 Å². The summed E-state index contributed by atoms with van der Waals surface area (Å²) in [5.41, 5.74) is 0.467. The van der Waals surface area contributed by atoms with Crippen LogP contribution in [0.15, 0.2) is 24.5 Å². The Balaban J connectivity index is 1.76. The third kappa shape index (κ3) is 4.06. The maximum Gasteiger partial charge on any atom is 0.365 e. The molecule has 3 rings (SSSR count). The maximum absolute atomic E-state index is 10.8. The fraction of sp³-hybridized carbons (Fsp3) is 0.357. The molecule has 0 bridgehead atoms. The van der Waals surface area contributed by atoms with Crippen LogP contribution in [0.2, 0.25) is 5.02 Å². The summed E-state index contributed by atoms with van der Waals surface area (Å²) in [6, 6.07) is 3.15. The van der Waals surface area contributed by atoms with Gasteiger partial charge in [0.05, 0.1) is 18.0 Å². The van der Waals surface area contributed by atoms with Crippen molar-refractivity contribution in [3.05, 3.63) is 39.7 Å². The summed E-state index contributed by atoms with van der Waals surface area (Å²) in [6.45, 7) is 1.41. The van der Waals surface area contributed by atoms with Crippen LogP contribution in [-0.4, -0.2) is 39.1 Å². The molecule has 0 unspecified atom stereocenters. The zero-order valence-electron chi connectivity index (χ0n) is 12.6. The molecule has 1 fully saturated rings. The number of hydrogen-bond donors (Lipinski definition) is 2.